The van der Waals surface area contributed by atoms with Gasteiger partial charge in [-0.25, -0.2) is 4.98 Å². The fourth-order valence-corrected chi connectivity index (χ4v) is 3.49. The van der Waals surface area contributed by atoms with E-state index in [-0.39, 0.29) is 11.8 Å². The quantitative estimate of drug-likeness (QED) is 0.742. The van der Waals surface area contributed by atoms with Gasteiger partial charge in [-0.15, -0.1) is 0 Å². The second-order valence-corrected chi connectivity index (χ2v) is 7.04. The summed E-state index contributed by atoms with van der Waals surface area (Å²) in [5, 5.41) is 2.94. The largest absolute Gasteiger partial charge is 0.333 e. The maximum absolute atomic E-state index is 12.6. The number of carbonyl (C=O) groups is 2. The van der Waals surface area contributed by atoms with Crippen LogP contribution in [0, 0.1) is 6.92 Å². The molecule has 2 heterocycles. The van der Waals surface area contributed by atoms with Gasteiger partial charge in [0.15, 0.2) is 0 Å². The van der Waals surface area contributed by atoms with Crippen molar-refractivity contribution in [1.29, 1.82) is 0 Å². The summed E-state index contributed by atoms with van der Waals surface area (Å²) in [5.41, 5.74) is 4.32. The van der Waals surface area contributed by atoms with E-state index in [0.29, 0.717) is 12.0 Å². The van der Waals surface area contributed by atoms with Gasteiger partial charge >= 0.3 is 0 Å². The standard InChI is InChI=1S/C22H22N4O2/c1-16-13-19(8-9-20(16)26-11-2-3-21(26)27)24-22(28)18-6-4-17(5-7-18)14-25-12-10-23-15-25/h4-10,12-13,15H,2-3,11,14H2,1H3,(H,24,28). The second-order valence-electron chi connectivity index (χ2n) is 7.04. The molecule has 2 aromatic carbocycles. The summed E-state index contributed by atoms with van der Waals surface area (Å²) in [6, 6.07) is 13.2. The molecule has 6 heteroatoms. The number of benzene rings is 2. The summed E-state index contributed by atoms with van der Waals surface area (Å²) >= 11 is 0. The first kappa shape index (κ1) is 18.0. The van der Waals surface area contributed by atoms with Crippen molar-refractivity contribution in [2.24, 2.45) is 0 Å². The lowest BCUT2D eigenvalue weighted by molar-refractivity contribution is -0.117. The van der Waals surface area contributed by atoms with Crippen LogP contribution in [0.5, 0.6) is 0 Å². The van der Waals surface area contributed by atoms with Gasteiger partial charge in [-0.1, -0.05) is 12.1 Å². The number of hydrogen-bond donors (Lipinski definition) is 1. The summed E-state index contributed by atoms with van der Waals surface area (Å²) in [7, 11) is 0. The first-order valence-corrected chi connectivity index (χ1v) is 9.37. The number of anilines is 2. The molecule has 142 valence electrons. The third-order valence-corrected chi connectivity index (χ3v) is 4.96. The number of amides is 2. The Bertz CT molecular complexity index is 994. The lowest BCUT2D eigenvalue weighted by Gasteiger charge is -2.19. The number of hydrogen-bond acceptors (Lipinski definition) is 3. The van der Waals surface area contributed by atoms with Crippen LogP contribution in [0.3, 0.4) is 0 Å². The van der Waals surface area contributed by atoms with Gasteiger partial charge in [-0.2, -0.15) is 0 Å². The van der Waals surface area contributed by atoms with E-state index in [1.165, 1.54) is 0 Å². The van der Waals surface area contributed by atoms with Gasteiger partial charge in [0.05, 0.1) is 6.33 Å². The van der Waals surface area contributed by atoms with E-state index in [1.54, 1.807) is 12.5 Å². The van der Waals surface area contributed by atoms with E-state index >= 15 is 0 Å². The van der Waals surface area contributed by atoms with Gasteiger partial charge < -0.3 is 14.8 Å². The minimum atomic E-state index is -0.154. The zero-order valence-electron chi connectivity index (χ0n) is 15.8. The topological polar surface area (TPSA) is 67.2 Å². The van der Waals surface area contributed by atoms with Gasteiger partial charge in [-0.3, -0.25) is 9.59 Å². The number of aryl methyl sites for hydroxylation is 1. The summed E-state index contributed by atoms with van der Waals surface area (Å²) in [6.07, 6.45) is 6.92. The minimum absolute atomic E-state index is 0.154. The van der Waals surface area contributed by atoms with Crippen LogP contribution in [0.2, 0.25) is 0 Å². The van der Waals surface area contributed by atoms with Crippen LogP contribution in [0.1, 0.15) is 34.3 Å². The van der Waals surface area contributed by atoms with Crippen LogP contribution in [0.25, 0.3) is 0 Å². The molecular weight excluding hydrogens is 352 g/mol. The smallest absolute Gasteiger partial charge is 0.255 e. The minimum Gasteiger partial charge on any atom is -0.333 e. The van der Waals surface area contributed by atoms with E-state index in [0.717, 1.165) is 42.0 Å². The molecule has 0 unspecified atom stereocenters. The predicted octanol–water partition coefficient (Wildman–Crippen LogP) is 3.62. The normalized spacial score (nSPS) is 13.8. The van der Waals surface area contributed by atoms with Crippen LogP contribution in [-0.2, 0) is 11.3 Å². The molecule has 0 aliphatic carbocycles. The number of nitrogens with zero attached hydrogens (tertiary/aromatic N) is 3. The van der Waals surface area contributed by atoms with Crippen molar-refractivity contribution in [3.8, 4) is 0 Å². The zero-order valence-corrected chi connectivity index (χ0v) is 15.8. The predicted molar refractivity (Wildman–Crippen MR) is 108 cm³/mol. The molecule has 1 N–H and O–H groups in total. The Kier molecular flexibility index (Phi) is 4.93. The highest BCUT2D eigenvalue weighted by molar-refractivity contribution is 6.04. The van der Waals surface area contributed by atoms with Crippen molar-refractivity contribution in [3.05, 3.63) is 77.9 Å². The van der Waals surface area contributed by atoms with Crippen LogP contribution in [-0.4, -0.2) is 27.9 Å². The number of carbonyl (C=O) groups excluding carboxylic acids is 2. The van der Waals surface area contributed by atoms with Crippen LogP contribution in [0.4, 0.5) is 11.4 Å². The van der Waals surface area contributed by atoms with E-state index in [4.69, 9.17) is 0 Å². The number of imidazole rings is 1. The highest BCUT2D eigenvalue weighted by Crippen LogP contribution is 2.27. The Morgan fingerprint density at radius 1 is 1.18 bits per heavy atom. The molecule has 1 fully saturated rings. The molecular formula is C22H22N4O2. The van der Waals surface area contributed by atoms with E-state index in [1.807, 2.05) is 65.1 Å². The molecule has 1 aromatic heterocycles. The Morgan fingerprint density at radius 2 is 2.00 bits per heavy atom. The molecule has 4 rings (SSSR count). The molecule has 3 aromatic rings. The molecule has 1 aliphatic rings. The lowest BCUT2D eigenvalue weighted by atomic mass is 10.1. The van der Waals surface area contributed by atoms with Crippen molar-refractivity contribution in [2.75, 3.05) is 16.8 Å². The summed E-state index contributed by atoms with van der Waals surface area (Å²) in [4.78, 5) is 30.4. The maximum Gasteiger partial charge on any atom is 0.255 e. The SMILES string of the molecule is Cc1cc(NC(=O)c2ccc(Cn3ccnc3)cc2)ccc1N1CCCC1=O. The molecule has 1 aliphatic heterocycles. The molecule has 0 bridgehead atoms. The van der Waals surface area contributed by atoms with Gasteiger partial charge in [0.1, 0.15) is 0 Å². The number of rotatable bonds is 5. The maximum atomic E-state index is 12.6. The van der Waals surface area contributed by atoms with Crippen molar-refractivity contribution in [2.45, 2.75) is 26.3 Å². The zero-order chi connectivity index (χ0) is 19.5. The van der Waals surface area contributed by atoms with Gasteiger partial charge in [0, 0.05) is 48.8 Å². The third kappa shape index (κ3) is 3.81. The molecule has 0 atom stereocenters. The van der Waals surface area contributed by atoms with E-state index in [2.05, 4.69) is 10.3 Å². The first-order valence-electron chi connectivity index (χ1n) is 9.37. The Balaban J connectivity index is 1.43. The first-order chi connectivity index (χ1) is 13.6. The summed E-state index contributed by atoms with van der Waals surface area (Å²) < 4.78 is 1.98. The lowest BCUT2D eigenvalue weighted by Crippen LogP contribution is -2.24. The number of nitrogens with one attached hydrogen (secondary N) is 1. The second kappa shape index (κ2) is 7.68. The molecule has 0 radical (unpaired) electrons. The summed E-state index contributed by atoms with van der Waals surface area (Å²) in [5.74, 6) is 0.00856. The highest BCUT2D eigenvalue weighted by atomic mass is 16.2. The monoisotopic (exact) mass is 374 g/mol. The Labute approximate surface area is 163 Å². The molecule has 0 saturated carbocycles. The van der Waals surface area contributed by atoms with Gasteiger partial charge in [0.25, 0.3) is 5.91 Å². The molecule has 1 saturated heterocycles. The molecule has 0 spiro atoms. The van der Waals surface area contributed by atoms with Crippen molar-refractivity contribution in [1.82, 2.24) is 9.55 Å². The van der Waals surface area contributed by atoms with Crippen LogP contribution in [0.15, 0.2) is 61.2 Å². The van der Waals surface area contributed by atoms with Crippen molar-refractivity contribution >= 4 is 23.2 Å². The third-order valence-electron chi connectivity index (χ3n) is 4.96. The summed E-state index contributed by atoms with van der Waals surface area (Å²) in [6.45, 7) is 3.44. The fourth-order valence-electron chi connectivity index (χ4n) is 3.49. The van der Waals surface area contributed by atoms with E-state index < -0.39 is 0 Å². The van der Waals surface area contributed by atoms with Crippen LogP contribution < -0.4 is 10.2 Å². The number of aromatic nitrogens is 2. The Morgan fingerprint density at radius 3 is 2.64 bits per heavy atom. The average molecular weight is 374 g/mol. The van der Waals surface area contributed by atoms with Crippen molar-refractivity contribution in [3.63, 3.8) is 0 Å². The molecule has 6 nitrogen and oxygen atoms in total. The highest BCUT2D eigenvalue weighted by Gasteiger charge is 2.23. The van der Waals surface area contributed by atoms with Crippen molar-refractivity contribution < 1.29 is 9.59 Å². The van der Waals surface area contributed by atoms with Gasteiger partial charge in [0.2, 0.25) is 5.91 Å². The fraction of sp³-hybridized carbons (Fsp3) is 0.227. The molecule has 2 amide bonds. The average Bonchev–Trinajstić information content (AvgIpc) is 3.34. The Hall–Kier alpha value is -3.41. The van der Waals surface area contributed by atoms with E-state index in [9.17, 15) is 9.59 Å². The molecule has 28 heavy (non-hydrogen) atoms. The van der Waals surface area contributed by atoms with Gasteiger partial charge in [-0.05, 0) is 54.8 Å². The van der Waals surface area contributed by atoms with Crippen LogP contribution >= 0.6 is 0 Å².